The Balaban J connectivity index is 2.93. The monoisotopic (exact) mass is 211 g/mol. The second kappa shape index (κ2) is 3.72. The standard InChI is InChI=1S/C9H13N3O3/c1-6(13)11-7-4-10-12(5-7)9(2,3)8(14)15/h4-5H,1-3H3,(H,11,13)(H,14,15). The summed E-state index contributed by atoms with van der Waals surface area (Å²) in [6.45, 7) is 4.43. The lowest BCUT2D eigenvalue weighted by molar-refractivity contribution is -0.146. The minimum absolute atomic E-state index is 0.220. The Morgan fingerprint density at radius 1 is 1.53 bits per heavy atom. The van der Waals surface area contributed by atoms with Gasteiger partial charge < -0.3 is 10.4 Å². The fourth-order valence-corrected chi connectivity index (χ4v) is 0.994. The van der Waals surface area contributed by atoms with Gasteiger partial charge in [-0.15, -0.1) is 0 Å². The van der Waals surface area contributed by atoms with E-state index in [1.807, 2.05) is 0 Å². The highest BCUT2D eigenvalue weighted by molar-refractivity contribution is 5.88. The largest absolute Gasteiger partial charge is 0.479 e. The molecule has 1 heterocycles. The van der Waals surface area contributed by atoms with Crippen molar-refractivity contribution in [2.24, 2.45) is 0 Å². The molecule has 1 rings (SSSR count). The molecule has 6 nitrogen and oxygen atoms in total. The summed E-state index contributed by atoms with van der Waals surface area (Å²) in [6.07, 6.45) is 2.89. The predicted octanol–water partition coefficient (Wildman–Crippen LogP) is 0.661. The molecule has 0 saturated carbocycles. The number of amides is 1. The summed E-state index contributed by atoms with van der Waals surface area (Å²) in [5.74, 6) is -1.21. The number of carboxylic acids is 1. The Hall–Kier alpha value is -1.85. The fraction of sp³-hybridized carbons (Fsp3) is 0.444. The molecule has 0 aliphatic carbocycles. The van der Waals surface area contributed by atoms with Crippen LogP contribution in [0.25, 0.3) is 0 Å². The van der Waals surface area contributed by atoms with E-state index >= 15 is 0 Å². The SMILES string of the molecule is CC(=O)Nc1cnn(C(C)(C)C(=O)O)c1. The van der Waals surface area contributed by atoms with Gasteiger partial charge in [-0.25, -0.2) is 4.79 Å². The zero-order valence-corrected chi connectivity index (χ0v) is 8.81. The zero-order chi connectivity index (χ0) is 11.6. The predicted molar refractivity (Wildman–Crippen MR) is 53.5 cm³/mol. The van der Waals surface area contributed by atoms with Gasteiger partial charge in [0.05, 0.1) is 11.9 Å². The summed E-state index contributed by atoms with van der Waals surface area (Å²) in [5, 5.41) is 15.3. The van der Waals surface area contributed by atoms with Crippen LogP contribution >= 0.6 is 0 Å². The van der Waals surface area contributed by atoms with Gasteiger partial charge in [-0.1, -0.05) is 0 Å². The van der Waals surface area contributed by atoms with Crippen molar-refractivity contribution in [3.8, 4) is 0 Å². The van der Waals surface area contributed by atoms with Crippen LogP contribution in [0.5, 0.6) is 0 Å². The first-order chi connectivity index (χ1) is 6.84. The molecule has 6 heteroatoms. The molecule has 1 amide bonds. The molecule has 0 saturated heterocycles. The Bertz CT molecular complexity index is 395. The molecule has 0 atom stereocenters. The summed E-state index contributed by atoms with van der Waals surface area (Å²) in [7, 11) is 0. The van der Waals surface area contributed by atoms with E-state index in [-0.39, 0.29) is 5.91 Å². The summed E-state index contributed by atoms with van der Waals surface area (Å²) in [6, 6.07) is 0. The normalized spacial score (nSPS) is 11.1. The van der Waals surface area contributed by atoms with Crippen LogP contribution in [0.3, 0.4) is 0 Å². The molecule has 0 aromatic carbocycles. The smallest absolute Gasteiger partial charge is 0.331 e. The van der Waals surface area contributed by atoms with Crippen LogP contribution in [-0.4, -0.2) is 26.8 Å². The fourth-order valence-electron chi connectivity index (χ4n) is 0.994. The number of hydrogen-bond acceptors (Lipinski definition) is 3. The van der Waals surface area contributed by atoms with Crippen molar-refractivity contribution in [1.82, 2.24) is 9.78 Å². The molecule has 82 valence electrons. The van der Waals surface area contributed by atoms with E-state index in [9.17, 15) is 9.59 Å². The number of nitrogens with one attached hydrogen (secondary N) is 1. The molecular formula is C9H13N3O3. The quantitative estimate of drug-likeness (QED) is 0.769. The Kier molecular flexibility index (Phi) is 2.78. The lowest BCUT2D eigenvalue weighted by Crippen LogP contribution is -2.35. The Labute approximate surface area is 86.9 Å². The van der Waals surface area contributed by atoms with E-state index in [0.29, 0.717) is 5.69 Å². The molecule has 1 aromatic heterocycles. The molecule has 0 bridgehead atoms. The van der Waals surface area contributed by atoms with Crippen LogP contribution in [0.15, 0.2) is 12.4 Å². The van der Waals surface area contributed by atoms with Crippen molar-refractivity contribution < 1.29 is 14.7 Å². The Morgan fingerprint density at radius 3 is 2.60 bits per heavy atom. The topological polar surface area (TPSA) is 84.2 Å². The zero-order valence-electron chi connectivity index (χ0n) is 8.81. The number of anilines is 1. The third kappa shape index (κ3) is 2.34. The summed E-state index contributed by atoms with van der Waals surface area (Å²) < 4.78 is 1.29. The van der Waals surface area contributed by atoms with E-state index in [2.05, 4.69) is 10.4 Å². The molecule has 0 fully saturated rings. The van der Waals surface area contributed by atoms with E-state index < -0.39 is 11.5 Å². The highest BCUT2D eigenvalue weighted by Crippen LogP contribution is 2.16. The van der Waals surface area contributed by atoms with Gasteiger partial charge in [-0.3, -0.25) is 9.48 Å². The lowest BCUT2D eigenvalue weighted by Gasteiger charge is -2.19. The average Bonchev–Trinajstić information content (AvgIpc) is 2.51. The summed E-state index contributed by atoms with van der Waals surface area (Å²) in [4.78, 5) is 21.6. The maximum Gasteiger partial charge on any atom is 0.331 e. The summed E-state index contributed by atoms with van der Waals surface area (Å²) >= 11 is 0. The first-order valence-corrected chi connectivity index (χ1v) is 4.40. The first kappa shape index (κ1) is 11.2. The van der Waals surface area contributed by atoms with E-state index in [1.165, 1.54) is 37.8 Å². The molecule has 1 aromatic rings. The van der Waals surface area contributed by atoms with Crippen LogP contribution in [-0.2, 0) is 15.1 Å². The maximum atomic E-state index is 10.9. The van der Waals surface area contributed by atoms with Crippen molar-refractivity contribution in [2.45, 2.75) is 26.3 Å². The van der Waals surface area contributed by atoms with Gasteiger partial charge >= 0.3 is 5.97 Å². The molecule has 0 spiro atoms. The van der Waals surface area contributed by atoms with Gasteiger partial charge in [-0.05, 0) is 13.8 Å². The average molecular weight is 211 g/mol. The third-order valence-corrected chi connectivity index (χ3v) is 2.00. The van der Waals surface area contributed by atoms with E-state index in [4.69, 9.17) is 5.11 Å². The van der Waals surface area contributed by atoms with Crippen LogP contribution in [0.4, 0.5) is 5.69 Å². The second-order valence-corrected chi connectivity index (χ2v) is 3.72. The number of carbonyl (C=O) groups excluding carboxylic acids is 1. The molecule has 15 heavy (non-hydrogen) atoms. The maximum absolute atomic E-state index is 10.9. The van der Waals surface area contributed by atoms with Crippen LogP contribution in [0.1, 0.15) is 20.8 Å². The van der Waals surface area contributed by atoms with Gasteiger partial charge in [0, 0.05) is 13.1 Å². The molecule has 2 N–H and O–H groups in total. The van der Waals surface area contributed by atoms with E-state index in [0.717, 1.165) is 0 Å². The molecular weight excluding hydrogens is 198 g/mol. The number of rotatable bonds is 3. The van der Waals surface area contributed by atoms with Crippen LogP contribution in [0, 0.1) is 0 Å². The van der Waals surface area contributed by atoms with Gasteiger partial charge in [0.1, 0.15) is 0 Å². The van der Waals surface area contributed by atoms with Crippen LogP contribution in [0.2, 0.25) is 0 Å². The van der Waals surface area contributed by atoms with Crippen LogP contribution < -0.4 is 5.32 Å². The van der Waals surface area contributed by atoms with Crippen molar-refractivity contribution in [3.05, 3.63) is 12.4 Å². The highest BCUT2D eigenvalue weighted by atomic mass is 16.4. The minimum Gasteiger partial charge on any atom is -0.479 e. The molecule has 0 aliphatic rings. The number of aliphatic carboxylic acids is 1. The molecule has 0 radical (unpaired) electrons. The molecule has 0 aliphatic heterocycles. The van der Waals surface area contributed by atoms with Crippen molar-refractivity contribution in [2.75, 3.05) is 5.32 Å². The number of aromatic nitrogens is 2. The number of hydrogen-bond donors (Lipinski definition) is 2. The Morgan fingerprint density at radius 2 is 2.13 bits per heavy atom. The summed E-state index contributed by atoms with van der Waals surface area (Å²) in [5.41, 5.74) is -0.645. The number of carbonyl (C=O) groups is 2. The van der Waals surface area contributed by atoms with Gasteiger partial charge in [0.25, 0.3) is 0 Å². The number of nitrogens with zero attached hydrogens (tertiary/aromatic N) is 2. The van der Waals surface area contributed by atoms with Crippen molar-refractivity contribution in [1.29, 1.82) is 0 Å². The first-order valence-electron chi connectivity index (χ1n) is 4.40. The minimum atomic E-state index is -1.13. The van der Waals surface area contributed by atoms with Crippen molar-refractivity contribution >= 4 is 17.6 Å². The van der Waals surface area contributed by atoms with Crippen molar-refractivity contribution in [3.63, 3.8) is 0 Å². The molecule has 0 unspecified atom stereocenters. The van der Waals surface area contributed by atoms with Gasteiger partial charge in [0.2, 0.25) is 5.91 Å². The highest BCUT2D eigenvalue weighted by Gasteiger charge is 2.30. The second-order valence-electron chi connectivity index (χ2n) is 3.72. The number of carboxylic acid groups (broad SMARTS) is 1. The third-order valence-electron chi connectivity index (χ3n) is 2.00. The lowest BCUT2D eigenvalue weighted by atomic mass is 10.1. The van der Waals surface area contributed by atoms with Gasteiger partial charge in [0.15, 0.2) is 5.54 Å². The van der Waals surface area contributed by atoms with Gasteiger partial charge in [-0.2, -0.15) is 5.10 Å². The van der Waals surface area contributed by atoms with E-state index in [1.54, 1.807) is 0 Å².